The Hall–Kier alpha value is -3.64. The third-order valence-corrected chi connectivity index (χ3v) is 5.43. The molecule has 3 aromatic rings. The SMILES string of the molecule is COc1cc(OC)c2c(=O)c(OC3O[C@H](C(=O)O)[C@@H](O)[C@H](O)[C@H]3O)c(-c3ccccc3)oc2c1. The van der Waals surface area contributed by atoms with Gasteiger partial charge in [0.05, 0.1) is 14.2 Å². The van der Waals surface area contributed by atoms with Gasteiger partial charge in [-0.2, -0.15) is 0 Å². The Kier molecular flexibility index (Phi) is 6.44. The minimum Gasteiger partial charge on any atom is -0.496 e. The van der Waals surface area contributed by atoms with Gasteiger partial charge in [0.25, 0.3) is 0 Å². The number of aliphatic hydroxyl groups is 3. The van der Waals surface area contributed by atoms with Gasteiger partial charge in [-0.05, 0) is 0 Å². The summed E-state index contributed by atoms with van der Waals surface area (Å²) in [6.45, 7) is 0. The zero-order chi connectivity index (χ0) is 24.6. The fraction of sp³-hybridized carbons (Fsp3) is 0.304. The molecular weight excluding hydrogens is 452 g/mol. The summed E-state index contributed by atoms with van der Waals surface area (Å²) in [6, 6.07) is 11.4. The van der Waals surface area contributed by atoms with Crippen LogP contribution in [0.1, 0.15) is 0 Å². The number of hydrogen-bond donors (Lipinski definition) is 4. The van der Waals surface area contributed by atoms with Crippen LogP contribution in [0.25, 0.3) is 22.3 Å². The Morgan fingerprint density at radius 1 is 0.971 bits per heavy atom. The van der Waals surface area contributed by atoms with E-state index < -0.39 is 47.9 Å². The smallest absolute Gasteiger partial charge is 0.335 e. The highest BCUT2D eigenvalue weighted by atomic mass is 16.7. The van der Waals surface area contributed by atoms with E-state index in [0.29, 0.717) is 11.3 Å². The van der Waals surface area contributed by atoms with Gasteiger partial charge < -0.3 is 43.8 Å². The maximum Gasteiger partial charge on any atom is 0.335 e. The summed E-state index contributed by atoms with van der Waals surface area (Å²) in [4.78, 5) is 25.0. The first kappa shape index (κ1) is 23.5. The van der Waals surface area contributed by atoms with Crippen LogP contribution in [0.5, 0.6) is 17.2 Å². The van der Waals surface area contributed by atoms with Gasteiger partial charge in [-0.15, -0.1) is 0 Å². The van der Waals surface area contributed by atoms with Crippen molar-refractivity contribution in [1.29, 1.82) is 0 Å². The molecule has 1 fully saturated rings. The molecule has 0 radical (unpaired) electrons. The number of fused-ring (bicyclic) bond motifs is 1. The number of aliphatic hydroxyl groups excluding tert-OH is 3. The first-order valence-corrected chi connectivity index (χ1v) is 10.1. The second kappa shape index (κ2) is 9.31. The van der Waals surface area contributed by atoms with E-state index in [1.807, 2.05) is 0 Å². The van der Waals surface area contributed by atoms with Gasteiger partial charge in [0, 0.05) is 17.7 Å². The van der Waals surface area contributed by atoms with E-state index in [-0.39, 0.29) is 22.5 Å². The highest BCUT2D eigenvalue weighted by Crippen LogP contribution is 2.37. The number of benzene rings is 2. The first-order valence-electron chi connectivity index (χ1n) is 10.1. The lowest BCUT2D eigenvalue weighted by molar-refractivity contribution is -0.271. The molecule has 0 aliphatic carbocycles. The van der Waals surface area contributed by atoms with Gasteiger partial charge >= 0.3 is 5.97 Å². The average Bonchev–Trinajstić information content (AvgIpc) is 2.84. The van der Waals surface area contributed by atoms with E-state index in [1.165, 1.54) is 26.4 Å². The van der Waals surface area contributed by atoms with Crippen molar-refractivity contribution in [2.24, 2.45) is 0 Å². The zero-order valence-corrected chi connectivity index (χ0v) is 18.1. The lowest BCUT2D eigenvalue weighted by atomic mass is 9.99. The predicted octanol–water partition coefficient (Wildman–Crippen LogP) is 0.748. The normalized spacial score (nSPS) is 24.6. The number of ether oxygens (including phenoxy) is 4. The van der Waals surface area contributed by atoms with E-state index >= 15 is 0 Å². The Balaban J connectivity index is 1.91. The van der Waals surface area contributed by atoms with Gasteiger partial charge in [0.2, 0.25) is 17.5 Å². The summed E-state index contributed by atoms with van der Waals surface area (Å²) in [5.74, 6) is -1.56. The van der Waals surface area contributed by atoms with E-state index in [9.17, 15) is 30.0 Å². The number of carbonyl (C=O) groups is 1. The van der Waals surface area contributed by atoms with Crippen molar-refractivity contribution in [2.45, 2.75) is 30.7 Å². The molecule has 34 heavy (non-hydrogen) atoms. The van der Waals surface area contributed by atoms with Crippen LogP contribution in [0, 0.1) is 0 Å². The van der Waals surface area contributed by atoms with Crippen molar-refractivity contribution in [2.75, 3.05) is 14.2 Å². The second-order valence-corrected chi connectivity index (χ2v) is 7.51. The van der Waals surface area contributed by atoms with E-state index in [1.54, 1.807) is 30.3 Å². The Morgan fingerprint density at radius 2 is 1.68 bits per heavy atom. The highest BCUT2D eigenvalue weighted by Gasteiger charge is 2.48. The molecule has 1 aliphatic rings. The van der Waals surface area contributed by atoms with Gasteiger partial charge in [0.15, 0.2) is 11.9 Å². The second-order valence-electron chi connectivity index (χ2n) is 7.51. The fourth-order valence-electron chi connectivity index (χ4n) is 3.67. The predicted molar refractivity (Wildman–Crippen MR) is 116 cm³/mol. The summed E-state index contributed by atoms with van der Waals surface area (Å²) in [5, 5.41) is 39.7. The molecule has 0 saturated carbocycles. The standard InChI is InChI=1S/C23H22O11/c1-30-11-8-12(31-2)14-13(9-11)32-19(10-6-4-3-5-7-10)20(15(14)24)33-23-18(27)16(25)17(26)21(34-23)22(28)29/h3-9,16-18,21,23,25-27H,1-2H3,(H,28,29)/t16-,17-,18+,21-,23?/m0/s1. The molecule has 11 heteroatoms. The molecule has 0 bridgehead atoms. The summed E-state index contributed by atoms with van der Waals surface area (Å²) < 4.78 is 27.4. The van der Waals surface area contributed by atoms with E-state index in [0.717, 1.165) is 0 Å². The van der Waals surface area contributed by atoms with Crippen LogP contribution in [0.4, 0.5) is 0 Å². The summed E-state index contributed by atoms with van der Waals surface area (Å²) in [6.07, 6.45) is -9.42. The number of aliphatic carboxylic acids is 1. The third kappa shape index (κ3) is 4.05. The highest BCUT2D eigenvalue weighted by molar-refractivity contribution is 5.88. The molecule has 180 valence electrons. The minimum atomic E-state index is -1.92. The van der Waals surface area contributed by atoms with Crippen molar-refractivity contribution in [1.82, 2.24) is 0 Å². The topological polar surface area (TPSA) is 165 Å². The van der Waals surface area contributed by atoms with Crippen molar-refractivity contribution < 1.29 is 48.6 Å². The lowest BCUT2D eigenvalue weighted by Crippen LogP contribution is -2.61. The number of carboxylic acid groups (broad SMARTS) is 1. The number of carboxylic acids is 1. The monoisotopic (exact) mass is 474 g/mol. The van der Waals surface area contributed by atoms with Crippen LogP contribution >= 0.6 is 0 Å². The number of rotatable bonds is 6. The van der Waals surface area contributed by atoms with Gasteiger partial charge in [-0.1, -0.05) is 30.3 Å². The van der Waals surface area contributed by atoms with Crippen molar-refractivity contribution in [3.05, 3.63) is 52.7 Å². The Labute approximate surface area is 192 Å². The van der Waals surface area contributed by atoms with Crippen LogP contribution < -0.4 is 19.6 Å². The maximum absolute atomic E-state index is 13.6. The first-order chi connectivity index (χ1) is 16.3. The molecule has 0 spiro atoms. The van der Waals surface area contributed by atoms with Gasteiger partial charge in [-0.3, -0.25) is 4.79 Å². The number of hydrogen-bond acceptors (Lipinski definition) is 10. The van der Waals surface area contributed by atoms with Crippen molar-refractivity contribution in [3.8, 4) is 28.6 Å². The third-order valence-electron chi connectivity index (χ3n) is 5.43. The van der Waals surface area contributed by atoms with Crippen LogP contribution in [-0.4, -0.2) is 71.3 Å². The lowest BCUT2D eigenvalue weighted by Gasteiger charge is -2.38. The fourth-order valence-corrected chi connectivity index (χ4v) is 3.67. The molecule has 0 amide bonds. The molecule has 4 rings (SSSR count). The molecule has 1 saturated heterocycles. The van der Waals surface area contributed by atoms with E-state index in [4.69, 9.17) is 23.4 Å². The van der Waals surface area contributed by atoms with Crippen LogP contribution in [0.3, 0.4) is 0 Å². The molecule has 4 N–H and O–H groups in total. The molecule has 1 aliphatic heterocycles. The van der Waals surface area contributed by atoms with Crippen molar-refractivity contribution >= 4 is 16.9 Å². The Bertz CT molecular complexity index is 1250. The molecule has 2 aromatic carbocycles. The molecule has 2 heterocycles. The summed E-state index contributed by atoms with van der Waals surface area (Å²) in [5.41, 5.74) is -0.154. The van der Waals surface area contributed by atoms with Crippen LogP contribution in [0.15, 0.2) is 51.7 Å². The number of methoxy groups -OCH3 is 2. The maximum atomic E-state index is 13.6. The molecule has 11 nitrogen and oxygen atoms in total. The summed E-state index contributed by atoms with van der Waals surface area (Å²) in [7, 11) is 2.79. The molecule has 1 aromatic heterocycles. The minimum absolute atomic E-state index is 0.00125. The quantitative estimate of drug-likeness (QED) is 0.398. The van der Waals surface area contributed by atoms with Gasteiger partial charge in [0.1, 0.15) is 40.8 Å². The van der Waals surface area contributed by atoms with Crippen LogP contribution in [-0.2, 0) is 9.53 Å². The van der Waals surface area contributed by atoms with E-state index in [2.05, 4.69) is 0 Å². The Morgan fingerprint density at radius 3 is 2.29 bits per heavy atom. The molecule has 1 unspecified atom stereocenters. The largest absolute Gasteiger partial charge is 0.496 e. The molecule has 5 atom stereocenters. The average molecular weight is 474 g/mol. The molecular formula is C23H22O11. The van der Waals surface area contributed by atoms with Gasteiger partial charge in [-0.25, -0.2) is 4.79 Å². The zero-order valence-electron chi connectivity index (χ0n) is 18.1. The van der Waals surface area contributed by atoms with Crippen molar-refractivity contribution in [3.63, 3.8) is 0 Å². The summed E-state index contributed by atoms with van der Waals surface area (Å²) >= 11 is 0. The van der Waals surface area contributed by atoms with Crippen LogP contribution in [0.2, 0.25) is 0 Å².